The summed E-state index contributed by atoms with van der Waals surface area (Å²) in [7, 11) is 1.03. The van der Waals surface area contributed by atoms with Crippen molar-refractivity contribution in [2.75, 3.05) is 66.4 Å². The van der Waals surface area contributed by atoms with E-state index in [-0.39, 0.29) is 59.7 Å². The van der Waals surface area contributed by atoms with Gasteiger partial charge in [-0.15, -0.1) is 0 Å². The van der Waals surface area contributed by atoms with Crippen molar-refractivity contribution in [3.05, 3.63) is 46.2 Å². The van der Waals surface area contributed by atoms with E-state index >= 15 is 0 Å². The second-order valence-corrected chi connectivity index (χ2v) is 16.4. The number of likely N-dealkylation sites (tertiary alicyclic amines) is 1. The van der Waals surface area contributed by atoms with Crippen LogP contribution in [-0.2, 0) is 14.8 Å². The van der Waals surface area contributed by atoms with Crippen molar-refractivity contribution in [3.8, 4) is 0 Å². The molecule has 0 saturated carbocycles. The van der Waals surface area contributed by atoms with Crippen LogP contribution in [0.1, 0.15) is 62.4 Å². The van der Waals surface area contributed by atoms with Gasteiger partial charge in [-0.25, -0.2) is 17.5 Å². The number of carbonyl (C=O) groups excluding carboxylic acids is 2. The molecule has 272 valence electrons. The van der Waals surface area contributed by atoms with Crippen LogP contribution in [0.4, 0.5) is 4.79 Å². The number of hydrogen-bond donors (Lipinski definition) is 3. The number of nitrogens with one attached hydrogen (secondary N) is 2. The molecule has 5 rings (SSSR count). The second-order valence-electron chi connectivity index (χ2n) is 14.2. The van der Waals surface area contributed by atoms with Crippen molar-refractivity contribution < 1.29 is 27.9 Å². The molecule has 2 bridgehead atoms. The van der Waals surface area contributed by atoms with Crippen LogP contribution in [0.2, 0.25) is 0 Å². The van der Waals surface area contributed by atoms with E-state index < -0.39 is 22.2 Å². The Morgan fingerprint density at radius 3 is 2.43 bits per heavy atom. The first kappa shape index (κ1) is 37.2. The minimum atomic E-state index is -3.33. The number of para-hydroxylation sites is 1. The topological polar surface area (TPSA) is 157 Å². The highest BCUT2D eigenvalue weighted by Gasteiger charge is 2.42. The Labute approximate surface area is 289 Å². The minimum Gasteiger partial charge on any atom is -0.453 e. The predicted molar refractivity (Wildman–Crippen MR) is 188 cm³/mol. The lowest BCUT2D eigenvalue weighted by Crippen LogP contribution is -2.54. The average molecular weight is 704 g/mol. The molecule has 0 spiro atoms. The van der Waals surface area contributed by atoms with E-state index in [1.165, 1.54) is 30.4 Å². The van der Waals surface area contributed by atoms with Crippen molar-refractivity contribution in [1.29, 1.82) is 0 Å². The summed E-state index contributed by atoms with van der Waals surface area (Å²) in [5.41, 5.74) is 0.669. The number of methoxy groups -OCH3 is 1. The summed E-state index contributed by atoms with van der Waals surface area (Å²) in [6, 6.07) is 9.53. The van der Waals surface area contributed by atoms with E-state index in [0.29, 0.717) is 26.2 Å². The van der Waals surface area contributed by atoms with Gasteiger partial charge in [0.2, 0.25) is 10.0 Å². The van der Waals surface area contributed by atoms with Crippen LogP contribution in [0.3, 0.4) is 0 Å². The highest BCUT2D eigenvalue weighted by molar-refractivity contribution is 7.89. The van der Waals surface area contributed by atoms with Gasteiger partial charge in [0.25, 0.3) is 11.5 Å². The second kappa shape index (κ2) is 15.9. The fraction of sp³-hybridized carbons (Fsp3) is 0.676. The zero-order valence-electron chi connectivity index (χ0n) is 29.4. The van der Waals surface area contributed by atoms with Gasteiger partial charge in [0.05, 0.1) is 25.3 Å². The maximum atomic E-state index is 13.5. The number of sulfonamides is 1. The Hall–Kier alpha value is -3.08. The maximum Gasteiger partial charge on any atom is 0.409 e. The SMILES string of the molecule is COC(=O)N(CCN1CCC(NCS(=O)(=O)N(C)C)C1)CC(O)CN1[C@@H]2CC[C@H]1C[C@H](NC(=O)c1cc3ccccc3n(C(C)C)c1=O)C2. The van der Waals surface area contributed by atoms with E-state index in [4.69, 9.17) is 4.74 Å². The number of pyridine rings is 1. The van der Waals surface area contributed by atoms with Gasteiger partial charge in [0.1, 0.15) is 11.4 Å². The predicted octanol–water partition coefficient (Wildman–Crippen LogP) is 1.25. The van der Waals surface area contributed by atoms with Gasteiger partial charge in [0.15, 0.2) is 0 Å². The van der Waals surface area contributed by atoms with Crippen molar-refractivity contribution in [2.45, 2.75) is 82.3 Å². The van der Waals surface area contributed by atoms with Crippen LogP contribution in [-0.4, -0.2) is 146 Å². The molecule has 3 aliphatic rings. The van der Waals surface area contributed by atoms with Crippen LogP contribution in [0, 0.1) is 0 Å². The summed E-state index contributed by atoms with van der Waals surface area (Å²) < 4.78 is 32.1. The van der Waals surface area contributed by atoms with Crippen molar-refractivity contribution >= 4 is 32.9 Å². The molecule has 3 fully saturated rings. The van der Waals surface area contributed by atoms with E-state index in [0.717, 1.165) is 49.6 Å². The molecule has 4 heterocycles. The number of piperidine rings is 1. The number of rotatable bonds is 14. The van der Waals surface area contributed by atoms with Gasteiger partial charge >= 0.3 is 6.09 Å². The molecule has 3 aliphatic heterocycles. The third-order valence-corrected chi connectivity index (χ3v) is 11.9. The smallest absolute Gasteiger partial charge is 0.409 e. The molecule has 3 saturated heterocycles. The number of fused-ring (bicyclic) bond motifs is 3. The first-order valence-corrected chi connectivity index (χ1v) is 19.0. The molecule has 15 heteroatoms. The fourth-order valence-electron chi connectivity index (χ4n) is 7.67. The number of amides is 2. The number of nitrogens with zero attached hydrogens (tertiary/aromatic N) is 5. The van der Waals surface area contributed by atoms with Gasteiger partial charge < -0.3 is 24.6 Å². The third-order valence-electron chi connectivity index (χ3n) is 10.3. The van der Waals surface area contributed by atoms with E-state index in [9.17, 15) is 27.9 Å². The summed E-state index contributed by atoms with van der Waals surface area (Å²) in [6.45, 7) is 6.82. The third kappa shape index (κ3) is 8.81. The Morgan fingerprint density at radius 2 is 1.78 bits per heavy atom. The van der Waals surface area contributed by atoms with Gasteiger partial charge in [-0.2, -0.15) is 0 Å². The molecule has 0 radical (unpaired) electrons. The summed E-state index contributed by atoms with van der Waals surface area (Å²) in [4.78, 5) is 45.5. The quantitative estimate of drug-likeness (QED) is 0.262. The lowest BCUT2D eigenvalue weighted by atomic mass is 9.96. The van der Waals surface area contributed by atoms with Gasteiger partial charge in [0, 0.05) is 70.5 Å². The standard InChI is InChI=1S/C34H53N7O7S/c1-23(2)41-31-9-7-6-8-24(31)16-30(33(41)44)32(43)36-26-17-27-10-11-28(18-26)40(27)21-29(42)20-39(34(45)48-5)15-14-38-13-12-25(19-38)35-22-49(46,47)37(3)4/h6-9,16,23,25-29,35,42H,10-15,17-22H2,1-5H3,(H,36,43)/t25?,26-,27-,28+,29?. The number of carbonyl (C=O) groups is 2. The van der Waals surface area contributed by atoms with Crippen molar-refractivity contribution in [1.82, 2.24) is 34.2 Å². The Balaban J connectivity index is 1.13. The van der Waals surface area contributed by atoms with Gasteiger partial charge in [-0.05, 0) is 70.0 Å². The minimum absolute atomic E-state index is 0.0430. The molecule has 2 unspecified atom stereocenters. The molecule has 3 N–H and O–H groups in total. The lowest BCUT2D eigenvalue weighted by molar-refractivity contribution is 0.0301. The molecular weight excluding hydrogens is 650 g/mol. The first-order chi connectivity index (χ1) is 23.3. The van der Waals surface area contributed by atoms with E-state index in [1.807, 2.05) is 38.1 Å². The molecule has 2 amide bonds. The van der Waals surface area contributed by atoms with Crippen LogP contribution in [0.15, 0.2) is 35.1 Å². The highest BCUT2D eigenvalue weighted by atomic mass is 32.2. The monoisotopic (exact) mass is 703 g/mol. The first-order valence-electron chi connectivity index (χ1n) is 17.3. The van der Waals surface area contributed by atoms with Crippen molar-refractivity contribution in [3.63, 3.8) is 0 Å². The van der Waals surface area contributed by atoms with E-state index in [2.05, 4.69) is 20.4 Å². The Bertz CT molecular complexity index is 1630. The Morgan fingerprint density at radius 1 is 1.08 bits per heavy atom. The van der Waals surface area contributed by atoms with Crippen LogP contribution >= 0.6 is 0 Å². The van der Waals surface area contributed by atoms with Crippen LogP contribution < -0.4 is 16.2 Å². The summed E-state index contributed by atoms with van der Waals surface area (Å²) in [5, 5.41) is 18.3. The fourth-order valence-corrected chi connectivity index (χ4v) is 8.38. The summed E-state index contributed by atoms with van der Waals surface area (Å²) in [5.74, 6) is -0.468. The number of aliphatic hydroxyl groups excluding tert-OH is 1. The molecule has 1 aromatic heterocycles. The van der Waals surface area contributed by atoms with E-state index in [1.54, 1.807) is 10.6 Å². The molecule has 14 nitrogen and oxygen atoms in total. The normalized spacial score (nSPS) is 23.8. The lowest BCUT2D eigenvalue weighted by Gasteiger charge is -2.40. The number of ether oxygens (including phenoxy) is 1. The summed E-state index contributed by atoms with van der Waals surface area (Å²) in [6.07, 6.45) is 2.88. The Kier molecular flexibility index (Phi) is 12.0. The molecule has 2 aromatic rings. The number of aliphatic hydroxyl groups is 1. The number of aromatic nitrogens is 1. The zero-order valence-corrected chi connectivity index (χ0v) is 30.2. The molecule has 49 heavy (non-hydrogen) atoms. The maximum absolute atomic E-state index is 13.5. The van der Waals surface area contributed by atoms with Gasteiger partial charge in [-0.1, -0.05) is 18.2 Å². The van der Waals surface area contributed by atoms with Gasteiger partial charge in [-0.3, -0.25) is 24.7 Å². The van der Waals surface area contributed by atoms with Crippen molar-refractivity contribution in [2.24, 2.45) is 0 Å². The average Bonchev–Trinajstić information content (AvgIpc) is 3.60. The summed E-state index contributed by atoms with van der Waals surface area (Å²) >= 11 is 0. The molecule has 1 aromatic carbocycles. The molecular formula is C34H53N7O7S. The highest BCUT2D eigenvalue weighted by Crippen LogP contribution is 2.36. The zero-order chi connectivity index (χ0) is 35.5. The molecule has 0 aliphatic carbocycles. The number of hydrogen-bond acceptors (Lipinski definition) is 10. The number of benzene rings is 1. The van der Waals surface area contributed by atoms with Crippen LogP contribution in [0.25, 0.3) is 10.9 Å². The van der Waals surface area contributed by atoms with Crippen LogP contribution in [0.5, 0.6) is 0 Å². The molecule has 5 atom stereocenters. The largest absolute Gasteiger partial charge is 0.453 e.